The van der Waals surface area contributed by atoms with E-state index in [-0.39, 0.29) is 29.1 Å². The third-order valence-corrected chi connectivity index (χ3v) is 2.60. The SMILES string of the molecule is NCC(=O)c1c(F)c(Br)cc2c1OCO2. The first-order valence-corrected chi connectivity index (χ1v) is 4.95. The van der Waals surface area contributed by atoms with Crippen molar-refractivity contribution in [1.29, 1.82) is 0 Å². The van der Waals surface area contributed by atoms with Gasteiger partial charge in [0.2, 0.25) is 6.79 Å². The largest absolute Gasteiger partial charge is 0.454 e. The standard InChI is InChI=1S/C9H7BrFNO3/c10-4-1-6-9(15-3-14-6)7(8(4)11)5(13)2-12/h1H,2-3,12H2. The Kier molecular flexibility index (Phi) is 2.62. The maximum Gasteiger partial charge on any atom is 0.231 e. The summed E-state index contributed by atoms with van der Waals surface area (Å²) in [6.07, 6.45) is 0. The average Bonchev–Trinajstić information content (AvgIpc) is 2.66. The molecule has 1 aromatic rings. The van der Waals surface area contributed by atoms with Crippen LogP contribution < -0.4 is 15.2 Å². The van der Waals surface area contributed by atoms with Crippen LogP contribution in [0.4, 0.5) is 4.39 Å². The molecule has 0 saturated heterocycles. The van der Waals surface area contributed by atoms with Crippen molar-refractivity contribution in [2.24, 2.45) is 5.73 Å². The van der Waals surface area contributed by atoms with Crippen molar-refractivity contribution < 1.29 is 18.7 Å². The Morgan fingerprint density at radius 2 is 2.33 bits per heavy atom. The van der Waals surface area contributed by atoms with E-state index in [4.69, 9.17) is 15.2 Å². The van der Waals surface area contributed by atoms with Crippen LogP contribution in [0, 0.1) is 5.82 Å². The molecule has 1 heterocycles. The second-order valence-electron chi connectivity index (χ2n) is 2.91. The molecule has 0 radical (unpaired) electrons. The van der Waals surface area contributed by atoms with E-state index in [1.165, 1.54) is 6.07 Å². The number of halogens is 2. The molecule has 4 nitrogen and oxygen atoms in total. The fourth-order valence-corrected chi connectivity index (χ4v) is 1.75. The van der Waals surface area contributed by atoms with Crippen LogP contribution in [0.25, 0.3) is 0 Å². The highest BCUT2D eigenvalue weighted by Crippen LogP contribution is 2.40. The summed E-state index contributed by atoms with van der Waals surface area (Å²) in [7, 11) is 0. The van der Waals surface area contributed by atoms with E-state index in [0.717, 1.165) is 0 Å². The smallest absolute Gasteiger partial charge is 0.231 e. The summed E-state index contributed by atoms with van der Waals surface area (Å²) < 4.78 is 23.9. The average molecular weight is 276 g/mol. The van der Waals surface area contributed by atoms with Crippen LogP contribution in [0.15, 0.2) is 10.5 Å². The van der Waals surface area contributed by atoms with Gasteiger partial charge in [0.15, 0.2) is 23.1 Å². The minimum atomic E-state index is -0.672. The predicted octanol–water partition coefficient (Wildman–Crippen LogP) is 1.46. The highest BCUT2D eigenvalue weighted by Gasteiger charge is 2.27. The molecule has 0 aliphatic carbocycles. The molecule has 2 N–H and O–H groups in total. The highest BCUT2D eigenvalue weighted by molar-refractivity contribution is 9.10. The summed E-state index contributed by atoms with van der Waals surface area (Å²) in [4.78, 5) is 11.4. The van der Waals surface area contributed by atoms with Crippen molar-refractivity contribution in [3.63, 3.8) is 0 Å². The van der Waals surface area contributed by atoms with Crippen molar-refractivity contribution in [2.75, 3.05) is 13.3 Å². The lowest BCUT2D eigenvalue weighted by atomic mass is 10.1. The quantitative estimate of drug-likeness (QED) is 0.831. The molecular weight excluding hydrogens is 269 g/mol. The summed E-state index contributed by atoms with van der Waals surface area (Å²) in [5.74, 6) is -0.712. The number of hydrogen-bond donors (Lipinski definition) is 1. The predicted molar refractivity (Wildman–Crippen MR) is 53.6 cm³/mol. The van der Waals surface area contributed by atoms with Crippen molar-refractivity contribution >= 4 is 21.7 Å². The van der Waals surface area contributed by atoms with Gasteiger partial charge in [0.1, 0.15) is 5.56 Å². The van der Waals surface area contributed by atoms with E-state index >= 15 is 0 Å². The fourth-order valence-electron chi connectivity index (χ4n) is 1.34. The Morgan fingerprint density at radius 3 is 3.00 bits per heavy atom. The van der Waals surface area contributed by atoms with Crippen molar-refractivity contribution in [1.82, 2.24) is 0 Å². The molecule has 1 aliphatic rings. The minimum Gasteiger partial charge on any atom is -0.454 e. The number of rotatable bonds is 2. The molecule has 0 atom stereocenters. The Hall–Kier alpha value is -1.14. The lowest BCUT2D eigenvalue weighted by Gasteiger charge is -2.06. The van der Waals surface area contributed by atoms with E-state index in [1.807, 2.05) is 0 Å². The lowest BCUT2D eigenvalue weighted by Crippen LogP contribution is -2.16. The molecule has 6 heteroatoms. The van der Waals surface area contributed by atoms with Crippen molar-refractivity contribution in [2.45, 2.75) is 0 Å². The molecule has 0 fully saturated rings. The molecule has 0 spiro atoms. The third kappa shape index (κ3) is 1.59. The molecular formula is C9H7BrFNO3. The van der Waals surface area contributed by atoms with Gasteiger partial charge >= 0.3 is 0 Å². The van der Waals surface area contributed by atoms with Crippen molar-refractivity contribution in [3.8, 4) is 11.5 Å². The number of Topliss-reactive ketones (excluding diaryl/α,β-unsaturated/α-hetero) is 1. The first-order chi connectivity index (χ1) is 7.15. The van der Waals surface area contributed by atoms with E-state index in [9.17, 15) is 9.18 Å². The van der Waals surface area contributed by atoms with E-state index in [1.54, 1.807) is 0 Å². The molecule has 15 heavy (non-hydrogen) atoms. The van der Waals surface area contributed by atoms with E-state index < -0.39 is 11.6 Å². The highest BCUT2D eigenvalue weighted by atomic mass is 79.9. The molecule has 0 saturated carbocycles. The Balaban J connectivity index is 2.65. The number of carbonyl (C=O) groups is 1. The number of ether oxygens (including phenoxy) is 2. The Morgan fingerprint density at radius 1 is 1.60 bits per heavy atom. The van der Waals surface area contributed by atoms with Gasteiger partial charge in [0, 0.05) is 6.07 Å². The van der Waals surface area contributed by atoms with Gasteiger partial charge in [0.25, 0.3) is 0 Å². The molecule has 1 aliphatic heterocycles. The third-order valence-electron chi connectivity index (χ3n) is 2.02. The van der Waals surface area contributed by atoms with Gasteiger partial charge < -0.3 is 15.2 Å². The summed E-state index contributed by atoms with van der Waals surface area (Å²) in [5.41, 5.74) is 5.04. The summed E-state index contributed by atoms with van der Waals surface area (Å²) in [6.45, 7) is -0.292. The van der Waals surface area contributed by atoms with Gasteiger partial charge in [-0.15, -0.1) is 0 Å². The normalized spacial score (nSPS) is 13.0. The number of ketones is 1. The van der Waals surface area contributed by atoms with Crippen LogP contribution in [0.1, 0.15) is 10.4 Å². The van der Waals surface area contributed by atoms with Crippen LogP contribution in [0.2, 0.25) is 0 Å². The molecule has 0 aromatic heterocycles. The van der Waals surface area contributed by atoms with Crippen LogP contribution in [0.3, 0.4) is 0 Å². The first-order valence-electron chi connectivity index (χ1n) is 4.16. The zero-order chi connectivity index (χ0) is 11.0. The molecule has 0 unspecified atom stereocenters. The fraction of sp³-hybridized carbons (Fsp3) is 0.222. The first kappa shape index (κ1) is 10.4. The van der Waals surface area contributed by atoms with Gasteiger partial charge in [-0.3, -0.25) is 4.79 Å². The molecule has 0 amide bonds. The topological polar surface area (TPSA) is 61.6 Å². The molecule has 80 valence electrons. The zero-order valence-corrected chi connectivity index (χ0v) is 9.14. The Bertz CT molecular complexity index is 436. The molecule has 1 aromatic carbocycles. The minimum absolute atomic E-state index is 0.0178. The van der Waals surface area contributed by atoms with Gasteiger partial charge in [-0.05, 0) is 15.9 Å². The Labute approximate surface area is 93.3 Å². The van der Waals surface area contributed by atoms with Crippen LogP contribution in [0.5, 0.6) is 11.5 Å². The number of hydrogen-bond acceptors (Lipinski definition) is 4. The van der Waals surface area contributed by atoms with Gasteiger partial charge in [-0.2, -0.15) is 0 Å². The van der Waals surface area contributed by atoms with Crippen LogP contribution in [-0.4, -0.2) is 19.1 Å². The molecule has 0 bridgehead atoms. The monoisotopic (exact) mass is 275 g/mol. The number of benzene rings is 1. The van der Waals surface area contributed by atoms with E-state index in [2.05, 4.69) is 15.9 Å². The summed E-state index contributed by atoms with van der Waals surface area (Å²) in [6, 6.07) is 1.42. The number of carbonyl (C=O) groups excluding carboxylic acids is 1. The van der Waals surface area contributed by atoms with Gasteiger partial charge in [0.05, 0.1) is 11.0 Å². The van der Waals surface area contributed by atoms with Gasteiger partial charge in [-0.1, -0.05) is 0 Å². The maximum absolute atomic E-state index is 13.6. The maximum atomic E-state index is 13.6. The van der Waals surface area contributed by atoms with E-state index in [0.29, 0.717) is 5.75 Å². The number of nitrogens with two attached hydrogens (primary N) is 1. The zero-order valence-electron chi connectivity index (χ0n) is 7.55. The van der Waals surface area contributed by atoms with Crippen molar-refractivity contribution in [3.05, 3.63) is 21.9 Å². The van der Waals surface area contributed by atoms with Crippen LogP contribution >= 0.6 is 15.9 Å². The van der Waals surface area contributed by atoms with Gasteiger partial charge in [-0.25, -0.2) is 4.39 Å². The van der Waals surface area contributed by atoms with Crippen LogP contribution in [-0.2, 0) is 0 Å². The summed E-state index contributed by atoms with van der Waals surface area (Å²) in [5, 5.41) is 0. The second-order valence-corrected chi connectivity index (χ2v) is 3.76. The molecule has 2 rings (SSSR count). The second kappa shape index (κ2) is 3.79. The summed E-state index contributed by atoms with van der Waals surface area (Å²) >= 11 is 2.99. The lowest BCUT2D eigenvalue weighted by molar-refractivity contribution is 0.0992. The number of fused-ring (bicyclic) bond motifs is 1.